The lowest BCUT2D eigenvalue weighted by molar-refractivity contribution is -0.0589. The van der Waals surface area contributed by atoms with E-state index in [1.165, 1.54) is 30.5 Å². The molecule has 1 aliphatic rings. The van der Waals surface area contributed by atoms with E-state index in [0.29, 0.717) is 47.6 Å². The Morgan fingerprint density at radius 3 is 2.66 bits per heavy atom. The smallest absolute Gasteiger partial charge is 0.335 e. The van der Waals surface area contributed by atoms with Crippen LogP contribution in [0.5, 0.6) is 5.88 Å². The van der Waals surface area contributed by atoms with Crippen LogP contribution in [0.1, 0.15) is 39.3 Å². The molecule has 3 aromatic carbocycles. The minimum absolute atomic E-state index is 0.0212. The fraction of sp³-hybridized carbons (Fsp3) is 0.226. The lowest BCUT2D eigenvalue weighted by Crippen LogP contribution is -2.31. The van der Waals surface area contributed by atoms with E-state index in [1.807, 2.05) is 11.5 Å². The molecule has 0 aliphatic carbocycles. The molecule has 208 valence electrons. The zero-order valence-electron chi connectivity index (χ0n) is 22.2. The predicted molar refractivity (Wildman–Crippen MR) is 147 cm³/mol. The summed E-state index contributed by atoms with van der Waals surface area (Å²) in [4.78, 5) is 24.8. The zero-order chi connectivity index (χ0) is 28.5. The topological polar surface area (TPSA) is 99.4 Å². The van der Waals surface area contributed by atoms with Crippen LogP contribution in [0.15, 0.2) is 66.9 Å². The number of fused-ring (bicyclic) bond motifs is 1. The van der Waals surface area contributed by atoms with Crippen LogP contribution in [0, 0.1) is 18.6 Å². The average Bonchev–Trinajstić information content (AvgIpc) is 3.26. The first-order chi connectivity index (χ1) is 19.8. The molecule has 3 heterocycles. The van der Waals surface area contributed by atoms with E-state index in [1.54, 1.807) is 36.4 Å². The van der Waals surface area contributed by atoms with E-state index in [-0.39, 0.29) is 41.4 Å². The van der Waals surface area contributed by atoms with Gasteiger partial charge in [0.2, 0.25) is 5.88 Å². The fourth-order valence-electron chi connectivity index (χ4n) is 4.78. The lowest BCUT2D eigenvalue weighted by Gasteiger charge is -2.27. The number of nitrogens with zero attached hydrogens (tertiary/aromatic N) is 4. The van der Waals surface area contributed by atoms with Crippen LogP contribution in [0.4, 0.5) is 8.78 Å². The number of aryl methyl sites for hydroxylation is 1. The van der Waals surface area contributed by atoms with Crippen LogP contribution in [-0.2, 0) is 24.3 Å². The molecule has 1 aliphatic heterocycles. The Morgan fingerprint density at radius 2 is 1.93 bits per heavy atom. The van der Waals surface area contributed by atoms with Crippen LogP contribution in [0.2, 0.25) is 0 Å². The number of hydrogen-bond acceptors (Lipinski definition) is 6. The molecule has 1 unspecified atom stereocenters. The molecule has 6 rings (SSSR count). The molecule has 41 heavy (non-hydrogen) atoms. The van der Waals surface area contributed by atoms with Gasteiger partial charge in [0, 0.05) is 30.9 Å². The van der Waals surface area contributed by atoms with Crippen molar-refractivity contribution in [1.29, 1.82) is 0 Å². The average molecular weight is 557 g/mol. The van der Waals surface area contributed by atoms with Gasteiger partial charge in [-0.2, -0.15) is 4.98 Å². The Balaban J connectivity index is 1.23. The minimum Gasteiger partial charge on any atom is -0.478 e. The summed E-state index contributed by atoms with van der Waals surface area (Å²) in [5, 5.41) is 9.46. The van der Waals surface area contributed by atoms with Gasteiger partial charge in [-0.05, 0) is 60.9 Å². The van der Waals surface area contributed by atoms with Crippen molar-refractivity contribution in [1.82, 2.24) is 19.5 Å². The highest BCUT2D eigenvalue weighted by Gasteiger charge is 2.23. The molecule has 0 saturated carbocycles. The molecule has 5 aromatic rings. The molecule has 1 saturated heterocycles. The highest BCUT2D eigenvalue weighted by atomic mass is 19.1. The van der Waals surface area contributed by atoms with Gasteiger partial charge in [0.25, 0.3) is 0 Å². The van der Waals surface area contributed by atoms with Gasteiger partial charge < -0.3 is 19.1 Å². The second kappa shape index (κ2) is 11.1. The number of benzene rings is 3. The van der Waals surface area contributed by atoms with Crippen molar-refractivity contribution in [3.05, 3.63) is 107 Å². The van der Waals surface area contributed by atoms with E-state index in [4.69, 9.17) is 14.5 Å². The van der Waals surface area contributed by atoms with Crippen LogP contribution in [0.25, 0.3) is 22.4 Å². The van der Waals surface area contributed by atoms with Gasteiger partial charge in [0.15, 0.2) is 5.82 Å². The lowest BCUT2D eigenvalue weighted by atomic mass is 10.1. The van der Waals surface area contributed by atoms with Crippen molar-refractivity contribution >= 4 is 17.0 Å². The maximum Gasteiger partial charge on any atom is 0.335 e. The van der Waals surface area contributed by atoms with Crippen LogP contribution < -0.4 is 4.74 Å². The van der Waals surface area contributed by atoms with Gasteiger partial charge >= 0.3 is 5.97 Å². The molecule has 1 atom stereocenters. The molecule has 10 heteroatoms. The summed E-state index contributed by atoms with van der Waals surface area (Å²) in [5.74, 6) is -0.866. The second-order valence-electron chi connectivity index (χ2n) is 10.0. The summed E-state index contributed by atoms with van der Waals surface area (Å²) in [7, 11) is 0. The Kier molecular flexibility index (Phi) is 7.15. The first-order valence-electron chi connectivity index (χ1n) is 13.2. The monoisotopic (exact) mass is 556 g/mol. The van der Waals surface area contributed by atoms with Crippen molar-refractivity contribution in [2.45, 2.75) is 39.0 Å². The van der Waals surface area contributed by atoms with Crippen molar-refractivity contribution < 1.29 is 28.2 Å². The van der Waals surface area contributed by atoms with E-state index in [0.717, 1.165) is 12.0 Å². The number of aromatic carboxylic acids is 1. The minimum atomic E-state index is -1.02. The number of aromatic nitrogens is 4. The van der Waals surface area contributed by atoms with Gasteiger partial charge in [0.05, 0.1) is 34.8 Å². The van der Waals surface area contributed by atoms with Crippen molar-refractivity contribution in [3.63, 3.8) is 0 Å². The Labute approximate surface area is 234 Å². The fourth-order valence-corrected chi connectivity index (χ4v) is 4.78. The predicted octanol–water partition coefficient (Wildman–Crippen LogP) is 5.74. The molecule has 8 nitrogen and oxygen atoms in total. The maximum atomic E-state index is 15.3. The number of hydrogen-bond donors (Lipinski definition) is 1. The third kappa shape index (κ3) is 5.64. The maximum absolute atomic E-state index is 15.3. The number of carboxylic acid groups (broad SMARTS) is 1. The first-order valence-corrected chi connectivity index (χ1v) is 13.2. The quantitative estimate of drug-likeness (QED) is 0.247. The summed E-state index contributed by atoms with van der Waals surface area (Å²) in [5.41, 5.74) is 3.61. The van der Waals surface area contributed by atoms with Crippen LogP contribution in [0.3, 0.4) is 0 Å². The summed E-state index contributed by atoms with van der Waals surface area (Å²) in [6, 6.07) is 16.0. The van der Waals surface area contributed by atoms with E-state index < -0.39 is 11.8 Å². The standard InChI is InChI=1S/C31H26F2N4O4/c1-18-2-4-21(24(32)12-18)17-41-29-8-10-34-30(36-29)23-6-3-19(13-25(23)33)14-28-35-26-7-5-20(31(38)39)15-27(26)37(28)16-22-9-11-40-22/h2-8,10,12-13,15,22H,9,11,14,16-17H2,1H3,(H,38,39). The largest absolute Gasteiger partial charge is 0.478 e. The van der Waals surface area contributed by atoms with Crippen LogP contribution in [-0.4, -0.2) is 43.3 Å². The van der Waals surface area contributed by atoms with Gasteiger partial charge in [-0.1, -0.05) is 18.2 Å². The van der Waals surface area contributed by atoms with Gasteiger partial charge in [-0.3, -0.25) is 0 Å². The first kappa shape index (κ1) is 26.5. The summed E-state index contributed by atoms with van der Waals surface area (Å²) in [6.07, 6.45) is 2.72. The second-order valence-corrected chi connectivity index (χ2v) is 10.0. The van der Waals surface area contributed by atoms with E-state index in [2.05, 4.69) is 9.97 Å². The molecule has 0 bridgehead atoms. The van der Waals surface area contributed by atoms with Gasteiger partial charge in [-0.25, -0.2) is 23.5 Å². The molecule has 0 spiro atoms. The van der Waals surface area contributed by atoms with Crippen molar-refractivity contribution in [2.24, 2.45) is 0 Å². The van der Waals surface area contributed by atoms with Gasteiger partial charge in [0.1, 0.15) is 24.1 Å². The molecule has 1 fully saturated rings. The molecule has 0 radical (unpaired) electrons. The van der Waals surface area contributed by atoms with Crippen molar-refractivity contribution in [2.75, 3.05) is 6.61 Å². The highest BCUT2D eigenvalue weighted by Crippen LogP contribution is 2.27. The summed E-state index contributed by atoms with van der Waals surface area (Å²) in [6.45, 7) is 3.01. The van der Waals surface area contributed by atoms with E-state index in [9.17, 15) is 14.3 Å². The Bertz CT molecular complexity index is 1770. The molecular formula is C31H26F2N4O4. The Hall–Kier alpha value is -4.70. The van der Waals surface area contributed by atoms with Crippen LogP contribution >= 0.6 is 0 Å². The molecule has 2 aromatic heterocycles. The SMILES string of the molecule is Cc1ccc(COc2ccnc(-c3ccc(Cc4nc5ccc(C(=O)O)cc5n4CC4CCO4)cc3F)n2)c(F)c1. The van der Waals surface area contributed by atoms with Crippen molar-refractivity contribution in [3.8, 4) is 17.3 Å². The number of ether oxygens (including phenoxy) is 2. The zero-order valence-corrected chi connectivity index (χ0v) is 22.2. The molecule has 1 N–H and O–H groups in total. The molecule has 0 amide bonds. The summed E-state index contributed by atoms with van der Waals surface area (Å²) < 4.78 is 42.7. The van der Waals surface area contributed by atoms with Gasteiger partial charge in [-0.15, -0.1) is 0 Å². The number of carbonyl (C=O) groups is 1. The third-order valence-electron chi connectivity index (χ3n) is 7.10. The van der Waals surface area contributed by atoms with E-state index >= 15 is 4.39 Å². The number of rotatable bonds is 9. The molecular weight excluding hydrogens is 530 g/mol. The highest BCUT2D eigenvalue weighted by molar-refractivity contribution is 5.92. The number of halogens is 2. The number of imidazole rings is 1. The normalized spacial score (nSPS) is 14.7. The number of carboxylic acids is 1. The third-order valence-corrected chi connectivity index (χ3v) is 7.10. The summed E-state index contributed by atoms with van der Waals surface area (Å²) >= 11 is 0. The Morgan fingerprint density at radius 1 is 1.07 bits per heavy atom.